The minimum absolute atomic E-state index is 0.347. The minimum Gasteiger partial charge on any atom is -0.356 e. The molecule has 2 atom stereocenters. The molecule has 0 amide bonds. The lowest BCUT2D eigenvalue weighted by Crippen LogP contribution is -2.44. The number of nitrogens with zero attached hydrogens (tertiary/aromatic N) is 4. The molecule has 2 aromatic heterocycles. The number of piperidine rings is 1. The molecule has 7 heteroatoms. The van der Waals surface area contributed by atoms with E-state index in [-0.39, 0.29) is 0 Å². The van der Waals surface area contributed by atoms with Gasteiger partial charge in [-0.25, -0.2) is 4.98 Å². The SMILES string of the molecule is CN=C(NCc1cn2c(C)cccc2n1)NCC1CCCN(C)C1c1cccc(Cl)c1. The average Bonchev–Trinajstić information content (AvgIpc) is 3.18. The van der Waals surface area contributed by atoms with Crippen molar-refractivity contribution < 1.29 is 0 Å². The summed E-state index contributed by atoms with van der Waals surface area (Å²) in [5, 5.41) is 7.74. The summed E-state index contributed by atoms with van der Waals surface area (Å²) in [5.41, 5.74) is 4.41. The van der Waals surface area contributed by atoms with E-state index in [1.165, 1.54) is 24.1 Å². The van der Waals surface area contributed by atoms with E-state index in [4.69, 9.17) is 16.6 Å². The highest BCUT2D eigenvalue weighted by molar-refractivity contribution is 6.30. The Hall–Kier alpha value is -2.57. The first-order valence-corrected chi connectivity index (χ1v) is 11.3. The number of aryl methyl sites for hydroxylation is 1. The average molecular weight is 439 g/mol. The van der Waals surface area contributed by atoms with Gasteiger partial charge in [0.05, 0.1) is 12.2 Å². The molecule has 0 radical (unpaired) electrons. The summed E-state index contributed by atoms with van der Waals surface area (Å²) in [5.74, 6) is 1.28. The molecule has 164 valence electrons. The van der Waals surface area contributed by atoms with Gasteiger partial charge in [-0.1, -0.05) is 29.8 Å². The van der Waals surface area contributed by atoms with Gasteiger partial charge in [0.25, 0.3) is 0 Å². The second-order valence-electron chi connectivity index (χ2n) is 8.32. The van der Waals surface area contributed by atoms with Gasteiger partial charge in [-0.05, 0) is 69.1 Å². The van der Waals surface area contributed by atoms with E-state index in [0.717, 1.165) is 35.4 Å². The number of hydrogen-bond acceptors (Lipinski definition) is 3. The molecular weight excluding hydrogens is 408 g/mol. The molecule has 4 rings (SSSR count). The molecule has 0 bridgehead atoms. The van der Waals surface area contributed by atoms with E-state index in [1.54, 1.807) is 0 Å². The van der Waals surface area contributed by atoms with E-state index in [2.05, 4.69) is 63.3 Å². The summed E-state index contributed by atoms with van der Waals surface area (Å²) in [6.07, 6.45) is 4.46. The van der Waals surface area contributed by atoms with Crippen LogP contribution < -0.4 is 10.6 Å². The quantitative estimate of drug-likeness (QED) is 0.466. The molecule has 0 spiro atoms. The highest BCUT2D eigenvalue weighted by Crippen LogP contribution is 2.35. The molecule has 1 saturated heterocycles. The number of benzene rings is 1. The monoisotopic (exact) mass is 438 g/mol. The number of imidazole rings is 1. The summed E-state index contributed by atoms with van der Waals surface area (Å²) >= 11 is 6.28. The van der Waals surface area contributed by atoms with E-state index >= 15 is 0 Å². The summed E-state index contributed by atoms with van der Waals surface area (Å²) in [6, 6.07) is 14.8. The molecule has 2 unspecified atom stereocenters. The highest BCUT2D eigenvalue weighted by atomic mass is 35.5. The van der Waals surface area contributed by atoms with Crippen molar-refractivity contribution >= 4 is 23.2 Å². The van der Waals surface area contributed by atoms with Crippen LogP contribution in [-0.2, 0) is 6.54 Å². The first kappa shape index (κ1) is 21.7. The van der Waals surface area contributed by atoms with Gasteiger partial charge < -0.3 is 15.0 Å². The van der Waals surface area contributed by atoms with Gasteiger partial charge in [-0.3, -0.25) is 9.89 Å². The van der Waals surface area contributed by atoms with Gasteiger partial charge in [0.1, 0.15) is 5.65 Å². The van der Waals surface area contributed by atoms with Crippen molar-refractivity contribution in [1.29, 1.82) is 0 Å². The lowest BCUT2D eigenvalue weighted by atomic mass is 9.85. The molecule has 31 heavy (non-hydrogen) atoms. The Morgan fingerprint density at radius 1 is 1.23 bits per heavy atom. The van der Waals surface area contributed by atoms with Crippen LogP contribution >= 0.6 is 11.6 Å². The van der Waals surface area contributed by atoms with Crippen molar-refractivity contribution in [2.24, 2.45) is 10.9 Å². The van der Waals surface area contributed by atoms with Gasteiger partial charge in [-0.15, -0.1) is 0 Å². The number of hydrogen-bond donors (Lipinski definition) is 2. The summed E-state index contributed by atoms with van der Waals surface area (Å²) in [7, 11) is 4.01. The number of nitrogens with one attached hydrogen (secondary N) is 2. The maximum atomic E-state index is 6.28. The van der Waals surface area contributed by atoms with Crippen LogP contribution in [0.15, 0.2) is 53.7 Å². The molecule has 1 fully saturated rings. The second kappa shape index (κ2) is 9.71. The molecule has 6 nitrogen and oxygen atoms in total. The molecule has 0 saturated carbocycles. The number of fused-ring (bicyclic) bond motifs is 1. The fraction of sp³-hybridized carbons (Fsp3) is 0.417. The maximum Gasteiger partial charge on any atom is 0.191 e. The Kier molecular flexibility index (Phi) is 6.78. The van der Waals surface area contributed by atoms with Crippen LogP contribution in [0.1, 0.15) is 35.8 Å². The van der Waals surface area contributed by atoms with Crippen LogP contribution in [0.3, 0.4) is 0 Å². The van der Waals surface area contributed by atoms with Gasteiger partial charge in [-0.2, -0.15) is 0 Å². The first-order chi connectivity index (χ1) is 15.0. The molecule has 0 aliphatic carbocycles. The lowest BCUT2D eigenvalue weighted by molar-refractivity contribution is 0.122. The zero-order valence-corrected chi connectivity index (χ0v) is 19.2. The number of likely N-dealkylation sites (tertiary alicyclic amines) is 1. The Morgan fingerprint density at radius 2 is 2.06 bits per heavy atom. The Bertz CT molecular complexity index is 1060. The van der Waals surface area contributed by atoms with Gasteiger partial charge in [0.2, 0.25) is 0 Å². The van der Waals surface area contributed by atoms with E-state index < -0.39 is 0 Å². The fourth-order valence-electron chi connectivity index (χ4n) is 4.60. The predicted molar refractivity (Wildman–Crippen MR) is 128 cm³/mol. The third-order valence-corrected chi connectivity index (χ3v) is 6.37. The molecule has 2 N–H and O–H groups in total. The standard InChI is InChI=1S/C24H31ClN6/c1-17-7-4-11-22-29-21(16-31(17)22)15-28-24(26-2)27-14-19-9-6-12-30(3)23(19)18-8-5-10-20(25)13-18/h4-5,7-8,10-11,13,16,19,23H,6,9,12,14-15H2,1-3H3,(H2,26,27,28). The smallest absolute Gasteiger partial charge is 0.191 e. The number of aromatic nitrogens is 2. The number of guanidine groups is 1. The van der Waals surface area contributed by atoms with Crippen LogP contribution in [0.5, 0.6) is 0 Å². The van der Waals surface area contributed by atoms with Crippen molar-refractivity contribution in [1.82, 2.24) is 24.9 Å². The topological polar surface area (TPSA) is 57.0 Å². The normalized spacial score (nSPS) is 20.2. The molecule has 3 heterocycles. The first-order valence-electron chi connectivity index (χ1n) is 10.9. The third-order valence-electron chi connectivity index (χ3n) is 6.14. The van der Waals surface area contributed by atoms with Crippen molar-refractivity contribution in [2.45, 2.75) is 32.4 Å². The Balaban J connectivity index is 1.39. The van der Waals surface area contributed by atoms with E-state index in [1.807, 2.05) is 31.3 Å². The van der Waals surface area contributed by atoms with Crippen molar-refractivity contribution in [3.63, 3.8) is 0 Å². The Morgan fingerprint density at radius 3 is 2.84 bits per heavy atom. The van der Waals surface area contributed by atoms with Crippen LogP contribution in [0, 0.1) is 12.8 Å². The number of aliphatic imine (C=N–C) groups is 1. The van der Waals surface area contributed by atoms with Crippen LogP contribution in [0.2, 0.25) is 5.02 Å². The van der Waals surface area contributed by atoms with E-state index in [0.29, 0.717) is 18.5 Å². The van der Waals surface area contributed by atoms with Crippen molar-refractivity contribution in [2.75, 3.05) is 27.2 Å². The van der Waals surface area contributed by atoms with Crippen molar-refractivity contribution in [3.05, 3.63) is 70.6 Å². The predicted octanol–water partition coefficient (Wildman–Crippen LogP) is 4.04. The van der Waals surface area contributed by atoms with Gasteiger partial charge >= 0.3 is 0 Å². The maximum absolute atomic E-state index is 6.28. The van der Waals surface area contributed by atoms with Crippen LogP contribution in [0.25, 0.3) is 5.65 Å². The largest absolute Gasteiger partial charge is 0.356 e. The van der Waals surface area contributed by atoms with Gasteiger partial charge in [0, 0.05) is 36.5 Å². The molecule has 1 aliphatic heterocycles. The molecule has 1 aromatic carbocycles. The molecule has 1 aliphatic rings. The number of rotatable bonds is 5. The second-order valence-corrected chi connectivity index (χ2v) is 8.75. The zero-order valence-electron chi connectivity index (χ0n) is 18.5. The zero-order chi connectivity index (χ0) is 21.8. The molecular formula is C24H31ClN6. The van der Waals surface area contributed by atoms with Crippen LogP contribution in [-0.4, -0.2) is 47.4 Å². The summed E-state index contributed by atoms with van der Waals surface area (Å²) in [6.45, 7) is 4.67. The number of halogens is 1. The van der Waals surface area contributed by atoms with Gasteiger partial charge in [0.15, 0.2) is 5.96 Å². The highest BCUT2D eigenvalue weighted by Gasteiger charge is 2.30. The van der Waals surface area contributed by atoms with Crippen molar-refractivity contribution in [3.8, 4) is 0 Å². The van der Waals surface area contributed by atoms with Crippen LogP contribution in [0.4, 0.5) is 0 Å². The number of pyridine rings is 1. The summed E-state index contributed by atoms with van der Waals surface area (Å²) in [4.78, 5) is 11.6. The Labute approximate surface area is 189 Å². The fourth-order valence-corrected chi connectivity index (χ4v) is 4.80. The minimum atomic E-state index is 0.347. The molecule has 3 aromatic rings. The lowest BCUT2D eigenvalue weighted by Gasteiger charge is -2.40. The summed E-state index contributed by atoms with van der Waals surface area (Å²) < 4.78 is 2.11. The third kappa shape index (κ3) is 5.02. The van der Waals surface area contributed by atoms with E-state index in [9.17, 15) is 0 Å².